The Bertz CT molecular complexity index is 1030. The van der Waals surface area contributed by atoms with Crippen molar-refractivity contribution in [1.82, 2.24) is 9.62 Å². The molecule has 0 radical (unpaired) electrons. The molecule has 1 atom stereocenters. The van der Waals surface area contributed by atoms with Crippen molar-refractivity contribution in [2.24, 2.45) is 0 Å². The standard InChI is InChI=1S/C22H27N3O4S/c1-3-16(2)23-22(27)19-11-4-5-12-20(19)24-21(26)17-9-8-10-18(15-17)30(28,29)25-13-6-7-14-25/h4-5,8-12,15-16H,3,6-7,13-14H2,1-2H3,(H,23,27)(H,24,26). The second-order valence-corrected chi connectivity index (χ2v) is 9.36. The predicted molar refractivity (Wildman–Crippen MR) is 116 cm³/mol. The third-order valence-corrected chi connectivity index (χ3v) is 7.10. The van der Waals surface area contributed by atoms with Gasteiger partial charge < -0.3 is 10.6 Å². The summed E-state index contributed by atoms with van der Waals surface area (Å²) in [5.41, 5.74) is 0.940. The number of nitrogens with zero attached hydrogens (tertiary/aromatic N) is 1. The highest BCUT2D eigenvalue weighted by Gasteiger charge is 2.27. The van der Waals surface area contributed by atoms with Gasteiger partial charge in [-0.3, -0.25) is 9.59 Å². The van der Waals surface area contributed by atoms with E-state index in [0.717, 1.165) is 19.3 Å². The number of benzene rings is 2. The number of rotatable bonds is 7. The van der Waals surface area contributed by atoms with Crippen LogP contribution in [0.3, 0.4) is 0 Å². The summed E-state index contributed by atoms with van der Waals surface area (Å²) in [5.74, 6) is -0.747. The van der Waals surface area contributed by atoms with Crippen molar-refractivity contribution in [3.63, 3.8) is 0 Å². The van der Waals surface area contributed by atoms with Crippen LogP contribution < -0.4 is 10.6 Å². The van der Waals surface area contributed by atoms with Crippen LogP contribution in [-0.2, 0) is 10.0 Å². The molecule has 2 N–H and O–H groups in total. The van der Waals surface area contributed by atoms with Crippen molar-refractivity contribution in [2.45, 2.75) is 44.0 Å². The van der Waals surface area contributed by atoms with E-state index in [9.17, 15) is 18.0 Å². The van der Waals surface area contributed by atoms with Gasteiger partial charge in [-0.15, -0.1) is 0 Å². The Balaban J connectivity index is 1.81. The van der Waals surface area contributed by atoms with Gasteiger partial charge in [0.25, 0.3) is 11.8 Å². The second-order valence-electron chi connectivity index (χ2n) is 7.42. The zero-order valence-corrected chi connectivity index (χ0v) is 18.0. The van der Waals surface area contributed by atoms with Gasteiger partial charge in [0.15, 0.2) is 0 Å². The van der Waals surface area contributed by atoms with Gasteiger partial charge in [0, 0.05) is 24.7 Å². The molecule has 30 heavy (non-hydrogen) atoms. The van der Waals surface area contributed by atoms with Crippen molar-refractivity contribution in [1.29, 1.82) is 0 Å². The molecule has 7 nitrogen and oxygen atoms in total. The molecule has 2 aromatic rings. The van der Waals surface area contributed by atoms with Crippen LogP contribution in [0.4, 0.5) is 5.69 Å². The van der Waals surface area contributed by atoms with Crippen molar-refractivity contribution >= 4 is 27.5 Å². The zero-order valence-electron chi connectivity index (χ0n) is 17.2. The SMILES string of the molecule is CCC(C)NC(=O)c1ccccc1NC(=O)c1cccc(S(=O)(=O)N2CCCC2)c1. The third kappa shape index (κ3) is 4.88. The predicted octanol–water partition coefficient (Wildman–Crippen LogP) is 3.25. The zero-order chi connectivity index (χ0) is 21.7. The smallest absolute Gasteiger partial charge is 0.255 e. The molecular weight excluding hydrogens is 402 g/mol. The molecule has 1 unspecified atom stereocenters. The molecule has 3 rings (SSSR count). The Morgan fingerprint density at radius 3 is 2.43 bits per heavy atom. The summed E-state index contributed by atoms with van der Waals surface area (Å²) < 4.78 is 27.0. The largest absolute Gasteiger partial charge is 0.350 e. The Morgan fingerprint density at radius 2 is 1.73 bits per heavy atom. The molecule has 0 aromatic heterocycles. The highest BCUT2D eigenvalue weighted by molar-refractivity contribution is 7.89. The molecule has 0 aliphatic carbocycles. The maximum absolute atomic E-state index is 12.8. The Kier molecular flexibility index (Phi) is 6.89. The molecular formula is C22H27N3O4S. The van der Waals surface area contributed by atoms with E-state index in [1.54, 1.807) is 36.4 Å². The first kappa shape index (κ1) is 22.0. The van der Waals surface area contributed by atoms with Crippen LogP contribution >= 0.6 is 0 Å². The number of carbonyl (C=O) groups excluding carboxylic acids is 2. The number of amides is 2. The van der Waals surface area contributed by atoms with E-state index in [1.165, 1.54) is 16.4 Å². The first-order chi connectivity index (χ1) is 14.3. The molecule has 2 aromatic carbocycles. The van der Waals surface area contributed by atoms with Crippen molar-refractivity contribution in [3.8, 4) is 0 Å². The molecule has 160 valence electrons. The highest BCUT2D eigenvalue weighted by atomic mass is 32.2. The molecule has 1 heterocycles. The lowest BCUT2D eigenvalue weighted by Gasteiger charge is -2.16. The number of para-hydroxylation sites is 1. The number of anilines is 1. The average Bonchev–Trinajstić information content (AvgIpc) is 3.30. The Morgan fingerprint density at radius 1 is 1.03 bits per heavy atom. The fourth-order valence-electron chi connectivity index (χ4n) is 3.26. The van der Waals surface area contributed by atoms with Crippen LogP contribution in [-0.4, -0.2) is 43.7 Å². The molecule has 2 amide bonds. The number of nitrogens with one attached hydrogen (secondary N) is 2. The molecule has 1 fully saturated rings. The Labute approximate surface area is 177 Å². The molecule has 1 saturated heterocycles. The normalized spacial score (nSPS) is 15.5. The maximum atomic E-state index is 12.8. The summed E-state index contributed by atoms with van der Waals surface area (Å²) in [4.78, 5) is 25.5. The lowest BCUT2D eigenvalue weighted by atomic mass is 10.1. The van der Waals surface area contributed by atoms with E-state index in [-0.39, 0.29) is 22.4 Å². The number of hydrogen-bond donors (Lipinski definition) is 2. The van der Waals surface area contributed by atoms with Gasteiger partial charge in [-0.25, -0.2) is 8.42 Å². The van der Waals surface area contributed by atoms with E-state index in [2.05, 4.69) is 10.6 Å². The van der Waals surface area contributed by atoms with Gasteiger partial charge in [0.2, 0.25) is 10.0 Å². The first-order valence-electron chi connectivity index (χ1n) is 10.1. The van der Waals surface area contributed by atoms with Crippen LogP contribution in [0.5, 0.6) is 0 Å². The summed E-state index contributed by atoms with van der Waals surface area (Å²) in [5, 5.41) is 5.62. The van der Waals surface area contributed by atoms with Crippen LogP contribution in [0, 0.1) is 0 Å². The van der Waals surface area contributed by atoms with Crippen molar-refractivity contribution in [3.05, 3.63) is 59.7 Å². The summed E-state index contributed by atoms with van der Waals surface area (Å²) in [6, 6.07) is 12.7. The minimum Gasteiger partial charge on any atom is -0.350 e. The molecule has 8 heteroatoms. The third-order valence-electron chi connectivity index (χ3n) is 5.21. The minimum atomic E-state index is -3.62. The molecule has 0 bridgehead atoms. The monoisotopic (exact) mass is 429 g/mol. The van der Waals surface area contributed by atoms with E-state index in [4.69, 9.17) is 0 Å². The van der Waals surface area contributed by atoms with Gasteiger partial charge >= 0.3 is 0 Å². The van der Waals surface area contributed by atoms with Crippen molar-refractivity contribution < 1.29 is 18.0 Å². The lowest BCUT2D eigenvalue weighted by molar-refractivity contribution is 0.0940. The topological polar surface area (TPSA) is 95.6 Å². The van der Waals surface area contributed by atoms with E-state index in [0.29, 0.717) is 24.3 Å². The molecule has 0 saturated carbocycles. The highest BCUT2D eigenvalue weighted by Crippen LogP contribution is 2.22. The Hall–Kier alpha value is -2.71. The van der Waals surface area contributed by atoms with E-state index < -0.39 is 15.9 Å². The summed E-state index contributed by atoms with van der Waals surface area (Å²) in [7, 11) is -3.62. The van der Waals surface area contributed by atoms with Crippen LogP contribution in [0.25, 0.3) is 0 Å². The number of carbonyl (C=O) groups is 2. The van der Waals surface area contributed by atoms with E-state index in [1.807, 2.05) is 13.8 Å². The van der Waals surface area contributed by atoms with Gasteiger partial charge in [-0.1, -0.05) is 25.1 Å². The summed E-state index contributed by atoms with van der Waals surface area (Å²) in [6.07, 6.45) is 2.47. The molecule has 0 spiro atoms. The van der Waals surface area contributed by atoms with Gasteiger partial charge in [0.05, 0.1) is 16.1 Å². The number of hydrogen-bond acceptors (Lipinski definition) is 4. The van der Waals surface area contributed by atoms with Crippen LogP contribution in [0.2, 0.25) is 0 Å². The summed E-state index contributed by atoms with van der Waals surface area (Å²) >= 11 is 0. The van der Waals surface area contributed by atoms with Crippen LogP contribution in [0.1, 0.15) is 53.8 Å². The van der Waals surface area contributed by atoms with Gasteiger partial charge in [0.1, 0.15) is 0 Å². The summed E-state index contributed by atoms with van der Waals surface area (Å²) in [6.45, 7) is 4.88. The fourth-order valence-corrected chi connectivity index (χ4v) is 4.83. The quantitative estimate of drug-likeness (QED) is 0.706. The van der Waals surface area contributed by atoms with E-state index >= 15 is 0 Å². The van der Waals surface area contributed by atoms with Gasteiger partial charge in [-0.05, 0) is 56.5 Å². The van der Waals surface area contributed by atoms with Crippen molar-refractivity contribution in [2.75, 3.05) is 18.4 Å². The first-order valence-corrected chi connectivity index (χ1v) is 11.6. The van der Waals surface area contributed by atoms with Crippen LogP contribution in [0.15, 0.2) is 53.4 Å². The second kappa shape index (κ2) is 9.40. The molecule has 1 aliphatic heterocycles. The fraction of sp³-hybridized carbons (Fsp3) is 0.364. The maximum Gasteiger partial charge on any atom is 0.255 e. The number of sulfonamides is 1. The van der Waals surface area contributed by atoms with Gasteiger partial charge in [-0.2, -0.15) is 4.31 Å². The minimum absolute atomic E-state index is 0.00809. The average molecular weight is 430 g/mol. The molecule has 1 aliphatic rings. The lowest BCUT2D eigenvalue weighted by Crippen LogP contribution is -2.32.